The second-order valence-electron chi connectivity index (χ2n) is 8.24. The smallest absolute Gasteiger partial charge is 0.326 e. The average molecular weight is 441 g/mol. The van der Waals surface area contributed by atoms with E-state index in [0.717, 1.165) is 60.0 Å². The van der Waals surface area contributed by atoms with Crippen LogP contribution >= 0.6 is 11.8 Å². The van der Waals surface area contributed by atoms with Gasteiger partial charge in [0.1, 0.15) is 0 Å². The van der Waals surface area contributed by atoms with Crippen LogP contribution in [-0.2, 0) is 6.54 Å². The predicted octanol–water partition coefficient (Wildman–Crippen LogP) is 6.09. The fourth-order valence-corrected chi connectivity index (χ4v) is 4.56. The van der Waals surface area contributed by atoms with Gasteiger partial charge in [-0.25, -0.2) is 4.79 Å². The molecular weight excluding hydrogens is 404 g/mol. The predicted molar refractivity (Wildman–Crippen MR) is 137 cm³/mol. The summed E-state index contributed by atoms with van der Waals surface area (Å²) >= 11 is 2.00. The SMILES string of the molecule is CCC.CCC(C)Cn1c(=O)[nH]c2cc(Nc3ccccc3)c(N3CCSCC3)cc21. The maximum Gasteiger partial charge on any atom is 0.326 e. The second-order valence-corrected chi connectivity index (χ2v) is 9.46. The van der Waals surface area contributed by atoms with E-state index in [4.69, 9.17) is 0 Å². The first kappa shape index (κ1) is 23.3. The van der Waals surface area contributed by atoms with Crippen LogP contribution in [0, 0.1) is 5.92 Å². The molecule has 1 aliphatic rings. The number of fused-ring (bicyclic) bond motifs is 1. The van der Waals surface area contributed by atoms with Gasteiger partial charge < -0.3 is 15.2 Å². The zero-order valence-electron chi connectivity index (χ0n) is 19.3. The topological polar surface area (TPSA) is 53.1 Å². The number of imidazole rings is 1. The van der Waals surface area contributed by atoms with Crippen molar-refractivity contribution in [2.75, 3.05) is 34.8 Å². The average Bonchev–Trinajstić information content (AvgIpc) is 3.09. The Bertz CT molecular complexity index is 1010. The fourth-order valence-electron chi connectivity index (χ4n) is 3.66. The van der Waals surface area contributed by atoms with Crippen LogP contribution in [0.15, 0.2) is 47.3 Å². The standard InChI is InChI=1S/C22H28N4OS.C3H8/c1-3-16(2)15-26-21-14-20(25-9-11-28-12-10-25)18(13-19(21)24-22(26)27)23-17-7-5-4-6-8-17;1-3-2/h4-8,13-14,16,23H,3,9-12,15H2,1-2H3,(H,24,27);3H2,1-2H3. The number of aromatic nitrogens is 2. The van der Waals surface area contributed by atoms with E-state index < -0.39 is 0 Å². The molecular formula is C25H36N4OS. The summed E-state index contributed by atoms with van der Waals surface area (Å²) in [6, 6.07) is 14.5. The number of benzene rings is 2. The minimum atomic E-state index is -0.0210. The van der Waals surface area contributed by atoms with E-state index in [1.54, 1.807) is 0 Å². The Labute approximate surface area is 190 Å². The van der Waals surface area contributed by atoms with Gasteiger partial charge in [-0.05, 0) is 30.2 Å². The molecule has 1 unspecified atom stereocenters. The van der Waals surface area contributed by atoms with Crippen molar-refractivity contribution in [2.24, 2.45) is 5.92 Å². The van der Waals surface area contributed by atoms with Crippen LogP contribution in [0.5, 0.6) is 0 Å². The quantitative estimate of drug-likeness (QED) is 0.487. The third-order valence-corrected chi connectivity index (χ3v) is 6.43. The van der Waals surface area contributed by atoms with Crippen molar-refractivity contribution < 1.29 is 0 Å². The summed E-state index contributed by atoms with van der Waals surface area (Å²) in [6.45, 7) is 11.4. The molecule has 0 spiro atoms. The van der Waals surface area contributed by atoms with Crippen LogP contribution < -0.4 is 15.9 Å². The highest BCUT2D eigenvalue weighted by molar-refractivity contribution is 7.99. The highest BCUT2D eigenvalue weighted by Crippen LogP contribution is 2.34. The molecule has 1 aliphatic heterocycles. The molecule has 0 radical (unpaired) electrons. The van der Waals surface area contributed by atoms with Crippen molar-refractivity contribution in [3.63, 3.8) is 0 Å². The maximum atomic E-state index is 12.6. The van der Waals surface area contributed by atoms with Gasteiger partial charge in [-0.3, -0.25) is 4.57 Å². The number of rotatable bonds is 6. The molecule has 0 saturated carbocycles. The third-order valence-electron chi connectivity index (χ3n) is 5.49. The summed E-state index contributed by atoms with van der Waals surface area (Å²) in [5.74, 6) is 2.74. The number of aromatic amines is 1. The van der Waals surface area contributed by atoms with Gasteiger partial charge in [0.15, 0.2) is 0 Å². The first-order valence-electron chi connectivity index (χ1n) is 11.5. The minimum absolute atomic E-state index is 0.0210. The zero-order valence-corrected chi connectivity index (χ0v) is 20.1. The molecule has 1 aromatic heterocycles. The Balaban J connectivity index is 0.000000858. The molecule has 6 heteroatoms. The van der Waals surface area contributed by atoms with Crippen molar-refractivity contribution in [3.05, 3.63) is 52.9 Å². The fraction of sp³-hybridized carbons (Fsp3) is 0.480. The Morgan fingerprint density at radius 3 is 2.42 bits per heavy atom. The van der Waals surface area contributed by atoms with E-state index in [1.807, 2.05) is 34.5 Å². The summed E-state index contributed by atoms with van der Waals surface area (Å²) in [4.78, 5) is 18.1. The molecule has 4 rings (SSSR count). The van der Waals surface area contributed by atoms with Crippen molar-refractivity contribution >= 4 is 39.9 Å². The van der Waals surface area contributed by atoms with Gasteiger partial charge in [-0.1, -0.05) is 58.7 Å². The Kier molecular flexibility index (Phi) is 8.52. The first-order chi connectivity index (χ1) is 15.1. The monoisotopic (exact) mass is 440 g/mol. The molecule has 5 nitrogen and oxygen atoms in total. The second kappa shape index (κ2) is 11.3. The van der Waals surface area contributed by atoms with Crippen LogP contribution in [-0.4, -0.2) is 34.1 Å². The van der Waals surface area contributed by atoms with Gasteiger partial charge in [-0.2, -0.15) is 11.8 Å². The number of para-hydroxylation sites is 1. The Morgan fingerprint density at radius 2 is 1.77 bits per heavy atom. The van der Waals surface area contributed by atoms with Crippen molar-refractivity contribution in [1.29, 1.82) is 0 Å². The Hall–Kier alpha value is -2.34. The Morgan fingerprint density at radius 1 is 1.10 bits per heavy atom. The molecule has 0 aliphatic carbocycles. The molecule has 2 heterocycles. The molecule has 1 atom stereocenters. The molecule has 2 N–H and O–H groups in total. The molecule has 31 heavy (non-hydrogen) atoms. The number of nitrogens with one attached hydrogen (secondary N) is 2. The number of thioether (sulfide) groups is 1. The minimum Gasteiger partial charge on any atom is -0.368 e. The lowest BCUT2D eigenvalue weighted by Crippen LogP contribution is -2.33. The molecule has 168 valence electrons. The molecule has 0 amide bonds. The van der Waals surface area contributed by atoms with Gasteiger partial charge >= 0.3 is 5.69 Å². The summed E-state index contributed by atoms with van der Waals surface area (Å²) in [6.07, 6.45) is 2.31. The van der Waals surface area contributed by atoms with E-state index in [0.29, 0.717) is 5.92 Å². The lowest BCUT2D eigenvalue weighted by Gasteiger charge is -2.30. The maximum absolute atomic E-state index is 12.6. The van der Waals surface area contributed by atoms with Gasteiger partial charge in [0, 0.05) is 36.8 Å². The van der Waals surface area contributed by atoms with Gasteiger partial charge in [0.25, 0.3) is 0 Å². The van der Waals surface area contributed by atoms with E-state index in [1.165, 1.54) is 12.1 Å². The van der Waals surface area contributed by atoms with Crippen molar-refractivity contribution in [1.82, 2.24) is 9.55 Å². The van der Waals surface area contributed by atoms with Crippen molar-refractivity contribution in [3.8, 4) is 0 Å². The lowest BCUT2D eigenvalue weighted by atomic mass is 10.1. The number of anilines is 3. The van der Waals surface area contributed by atoms with Crippen LogP contribution in [0.2, 0.25) is 0 Å². The number of H-pyrrole nitrogens is 1. The normalized spacial score (nSPS) is 14.8. The molecule has 1 fully saturated rings. The van der Waals surface area contributed by atoms with E-state index in [9.17, 15) is 4.79 Å². The number of hydrogen-bond donors (Lipinski definition) is 2. The molecule has 3 aromatic rings. The highest BCUT2D eigenvalue weighted by atomic mass is 32.2. The van der Waals surface area contributed by atoms with Crippen LogP contribution in [0.1, 0.15) is 40.5 Å². The molecule has 1 saturated heterocycles. The highest BCUT2D eigenvalue weighted by Gasteiger charge is 2.19. The van der Waals surface area contributed by atoms with Gasteiger partial charge in [-0.15, -0.1) is 0 Å². The summed E-state index contributed by atoms with van der Waals surface area (Å²) < 4.78 is 1.90. The van der Waals surface area contributed by atoms with Crippen LogP contribution in [0.3, 0.4) is 0 Å². The van der Waals surface area contributed by atoms with E-state index >= 15 is 0 Å². The zero-order chi connectivity index (χ0) is 22.2. The number of nitrogens with zero attached hydrogens (tertiary/aromatic N) is 2. The van der Waals surface area contributed by atoms with E-state index in [2.05, 4.69) is 67.2 Å². The molecule has 2 aromatic carbocycles. The number of hydrogen-bond acceptors (Lipinski definition) is 4. The molecule has 0 bridgehead atoms. The summed E-state index contributed by atoms with van der Waals surface area (Å²) in [5, 5.41) is 3.56. The van der Waals surface area contributed by atoms with Crippen LogP contribution in [0.25, 0.3) is 11.0 Å². The lowest BCUT2D eigenvalue weighted by molar-refractivity contribution is 0.468. The summed E-state index contributed by atoms with van der Waals surface area (Å²) in [7, 11) is 0. The van der Waals surface area contributed by atoms with Gasteiger partial charge in [0.05, 0.1) is 22.4 Å². The van der Waals surface area contributed by atoms with Gasteiger partial charge in [0.2, 0.25) is 0 Å². The third kappa shape index (κ3) is 5.88. The first-order valence-corrected chi connectivity index (χ1v) is 12.6. The van der Waals surface area contributed by atoms with Crippen LogP contribution in [0.4, 0.5) is 17.1 Å². The summed E-state index contributed by atoms with van der Waals surface area (Å²) in [5.41, 5.74) is 5.14. The van der Waals surface area contributed by atoms with Crippen molar-refractivity contribution in [2.45, 2.75) is 47.1 Å². The van der Waals surface area contributed by atoms with E-state index in [-0.39, 0.29) is 5.69 Å². The largest absolute Gasteiger partial charge is 0.368 e.